The van der Waals surface area contributed by atoms with Crippen LogP contribution >= 0.6 is 15.9 Å². The predicted molar refractivity (Wildman–Crippen MR) is 120 cm³/mol. The van der Waals surface area contributed by atoms with Gasteiger partial charge in [0.25, 0.3) is 11.5 Å². The fraction of sp³-hybridized carbons (Fsp3) is 0.364. The number of hydrogen-bond acceptors (Lipinski definition) is 3. The van der Waals surface area contributed by atoms with E-state index in [9.17, 15) is 9.59 Å². The molecule has 0 unspecified atom stereocenters. The zero-order valence-electron chi connectivity index (χ0n) is 17.4. The Morgan fingerprint density at radius 2 is 1.93 bits per heavy atom. The van der Waals surface area contributed by atoms with Crippen LogP contribution in [-0.2, 0) is 12.2 Å². The van der Waals surface area contributed by atoms with Crippen molar-refractivity contribution >= 4 is 32.7 Å². The van der Waals surface area contributed by atoms with Crippen molar-refractivity contribution in [2.45, 2.75) is 53.2 Å². The van der Waals surface area contributed by atoms with Gasteiger partial charge in [0.05, 0.1) is 16.7 Å². The van der Waals surface area contributed by atoms with E-state index in [4.69, 9.17) is 5.73 Å². The minimum Gasteiger partial charge on any atom is -0.348 e. The van der Waals surface area contributed by atoms with Crippen LogP contribution in [0.1, 0.15) is 53.0 Å². The van der Waals surface area contributed by atoms with E-state index < -0.39 is 5.66 Å². The molecule has 0 spiro atoms. The SMILES string of the molecule is CC[C@](C)(N)n1cc(C)c2c(C(=O)NCc3c(C)cc(C)[nH]c3=O)cc(Br)cc21. The lowest BCUT2D eigenvalue weighted by Crippen LogP contribution is -2.38. The first kappa shape index (κ1) is 21.3. The van der Waals surface area contributed by atoms with E-state index in [1.807, 2.05) is 57.5 Å². The van der Waals surface area contributed by atoms with Gasteiger partial charge in [0.1, 0.15) is 0 Å². The number of benzene rings is 1. The lowest BCUT2D eigenvalue weighted by Gasteiger charge is -2.26. The molecule has 0 aliphatic carbocycles. The molecule has 154 valence electrons. The molecule has 0 bridgehead atoms. The lowest BCUT2D eigenvalue weighted by molar-refractivity contribution is 0.0952. The first-order chi connectivity index (χ1) is 13.5. The molecule has 1 amide bonds. The molecule has 0 saturated heterocycles. The largest absolute Gasteiger partial charge is 0.348 e. The van der Waals surface area contributed by atoms with Crippen molar-refractivity contribution < 1.29 is 4.79 Å². The van der Waals surface area contributed by atoms with E-state index in [1.54, 1.807) is 6.07 Å². The van der Waals surface area contributed by atoms with Crippen LogP contribution in [0.2, 0.25) is 0 Å². The van der Waals surface area contributed by atoms with Gasteiger partial charge in [-0.25, -0.2) is 0 Å². The molecule has 1 aromatic carbocycles. The third kappa shape index (κ3) is 4.02. The number of hydrogen-bond donors (Lipinski definition) is 3. The van der Waals surface area contributed by atoms with Gasteiger partial charge < -0.3 is 20.6 Å². The van der Waals surface area contributed by atoms with E-state index in [2.05, 4.69) is 26.2 Å². The number of fused-ring (bicyclic) bond motifs is 1. The molecule has 6 nitrogen and oxygen atoms in total. The van der Waals surface area contributed by atoms with Gasteiger partial charge in [-0.15, -0.1) is 0 Å². The van der Waals surface area contributed by atoms with Gasteiger partial charge in [-0.05, 0) is 63.4 Å². The number of rotatable bonds is 5. The fourth-order valence-corrected chi connectivity index (χ4v) is 4.11. The Labute approximate surface area is 178 Å². The highest BCUT2D eigenvalue weighted by Gasteiger charge is 2.24. The van der Waals surface area contributed by atoms with Crippen molar-refractivity contribution in [1.82, 2.24) is 14.9 Å². The summed E-state index contributed by atoms with van der Waals surface area (Å²) in [5, 5.41) is 3.77. The van der Waals surface area contributed by atoms with E-state index in [-0.39, 0.29) is 18.0 Å². The van der Waals surface area contributed by atoms with E-state index in [1.165, 1.54) is 0 Å². The summed E-state index contributed by atoms with van der Waals surface area (Å²) in [7, 11) is 0. The van der Waals surface area contributed by atoms with Crippen LogP contribution in [0.4, 0.5) is 0 Å². The summed E-state index contributed by atoms with van der Waals surface area (Å²) < 4.78 is 2.82. The average molecular weight is 459 g/mol. The number of aromatic nitrogens is 2. The average Bonchev–Trinajstić information content (AvgIpc) is 2.97. The monoisotopic (exact) mass is 458 g/mol. The summed E-state index contributed by atoms with van der Waals surface area (Å²) in [5.41, 5.74) is 10.4. The zero-order valence-corrected chi connectivity index (χ0v) is 19.0. The molecule has 1 atom stereocenters. The molecule has 2 aromatic heterocycles. The third-order valence-corrected chi connectivity index (χ3v) is 5.95. The molecule has 3 rings (SSSR count). The van der Waals surface area contributed by atoms with Crippen LogP contribution in [0.5, 0.6) is 0 Å². The molecule has 0 saturated carbocycles. The molecule has 0 aliphatic heterocycles. The zero-order chi connectivity index (χ0) is 21.5. The first-order valence-electron chi connectivity index (χ1n) is 9.63. The summed E-state index contributed by atoms with van der Waals surface area (Å²) in [5.74, 6) is -0.230. The summed E-state index contributed by atoms with van der Waals surface area (Å²) in [6, 6.07) is 5.69. The van der Waals surface area contributed by atoms with Gasteiger partial charge >= 0.3 is 0 Å². The van der Waals surface area contributed by atoms with Crippen molar-refractivity contribution in [3.8, 4) is 0 Å². The second-order valence-electron chi connectivity index (χ2n) is 7.87. The van der Waals surface area contributed by atoms with Gasteiger partial charge in [0, 0.05) is 33.9 Å². The quantitative estimate of drug-likeness (QED) is 0.539. The number of halogens is 1. The maximum Gasteiger partial charge on any atom is 0.253 e. The number of nitrogens with one attached hydrogen (secondary N) is 2. The molecular formula is C22H27BrN4O2. The number of aryl methyl sites for hydroxylation is 3. The molecule has 0 radical (unpaired) electrons. The van der Waals surface area contributed by atoms with Crippen molar-refractivity contribution in [1.29, 1.82) is 0 Å². The minimum atomic E-state index is -0.562. The van der Waals surface area contributed by atoms with Gasteiger partial charge in [-0.1, -0.05) is 22.9 Å². The molecule has 7 heteroatoms. The van der Waals surface area contributed by atoms with E-state index in [0.717, 1.165) is 38.6 Å². The van der Waals surface area contributed by atoms with Crippen LogP contribution in [0.15, 0.2) is 33.7 Å². The summed E-state index contributed by atoms with van der Waals surface area (Å²) in [6.45, 7) is 9.86. The Morgan fingerprint density at radius 1 is 1.24 bits per heavy atom. The smallest absolute Gasteiger partial charge is 0.253 e. The Bertz CT molecular complexity index is 1160. The minimum absolute atomic E-state index is 0.164. The second kappa shape index (κ2) is 7.80. The van der Waals surface area contributed by atoms with Gasteiger partial charge in [0.15, 0.2) is 0 Å². The Balaban J connectivity index is 2.02. The maximum absolute atomic E-state index is 13.1. The summed E-state index contributed by atoms with van der Waals surface area (Å²) in [4.78, 5) is 28.1. The molecule has 0 aliphatic rings. The third-order valence-electron chi connectivity index (χ3n) is 5.49. The molecule has 29 heavy (non-hydrogen) atoms. The van der Waals surface area contributed by atoms with Crippen molar-refractivity contribution in [3.63, 3.8) is 0 Å². The number of aromatic amines is 1. The van der Waals surface area contributed by atoms with Crippen LogP contribution in [0.25, 0.3) is 10.9 Å². The highest BCUT2D eigenvalue weighted by Crippen LogP contribution is 2.32. The Hall–Kier alpha value is -2.38. The topological polar surface area (TPSA) is 92.9 Å². The second-order valence-corrected chi connectivity index (χ2v) is 8.78. The van der Waals surface area contributed by atoms with Crippen molar-refractivity contribution in [2.75, 3.05) is 0 Å². The molecular weight excluding hydrogens is 432 g/mol. The number of carbonyl (C=O) groups excluding carboxylic acids is 1. The van der Waals surface area contributed by atoms with Crippen LogP contribution in [0, 0.1) is 20.8 Å². The number of amides is 1. The molecule has 3 aromatic rings. The fourth-order valence-electron chi connectivity index (χ4n) is 3.66. The first-order valence-corrected chi connectivity index (χ1v) is 10.4. The molecule has 2 heterocycles. The highest BCUT2D eigenvalue weighted by molar-refractivity contribution is 9.10. The predicted octanol–water partition coefficient (Wildman–Crippen LogP) is 3.99. The number of nitrogens with two attached hydrogens (primary N) is 1. The van der Waals surface area contributed by atoms with Crippen LogP contribution < -0.4 is 16.6 Å². The number of carbonyl (C=O) groups is 1. The maximum atomic E-state index is 13.1. The van der Waals surface area contributed by atoms with Crippen LogP contribution in [0.3, 0.4) is 0 Å². The number of H-pyrrole nitrogens is 1. The highest BCUT2D eigenvalue weighted by atomic mass is 79.9. The number of nitrogens with zero attached hydrogens (tertiary/aromatic N) is 1. The van der Waals surface area contributed by atoms with Gasteiger partial charge in [-0.3, -0.25) is 9.59 Å². The van der Waals surface area contributed by atoms with Crippen molar-refractivity contribution in [3.05, 3.63) is 67.2 Å². The lowest BCUT2D eigenvalue weighted by atomic mass is 10.1. The normalized spacial score (nSPS) is 13.5. The van der Waals surface area contributed by atoms with Crippen LogP contribution in [-0.4, -0.2) is 15.5 Å². The Morgan fingerprint density at radius 3 is 2.55 bits per heavy atom. The van der Waals surface area contributed by atoms with E-state index >= 15 is 0 Å². The molecule has 4 N–H and O–H groups in total. The van der Waals surface area contributed by atoms with E-state index in [0.29, 0.717) is 11.1 Å². The number of pyridine rings is 1. The Kier molecular flexibility index (Phi) is 5.74. The standard InChI is InChI=1S/C22H27BrN4O2/c1-6-22(5,24)27-11-13(3)19-16(8-15(23)9-18(19)27)20(28)25-10-17-12(2)7-14(4)26-21(17)29/h7-9,11H,6,10,24H2,1-5H3,(H,25,28)(H,26,29)/t22-/m1/s1. The van der Waals surface area contributed by atoms with Gasteiger partial charge in [0.2, 0.25) is 0 Å². The molecule has 0 fully saturated rings. The summed E-state index contributed by atoms with van der Waals surface area (Å²) >= 11 is 3.52. The summed E-state index contributed by atoms with van der Waals surface area (Å²) in [6.07, 6.45) is 2.74. The van der Waals surface area contributed by atoms with Crippen molar-refractivity contribution in [2.24, 2.45) is 5.73 Å². The van der Waals surface area contributed by atoms with Gasteiger partial charge in [-0.2, -0.15) is 0 Å².